The summed E-state index contributed by atoms with van der Waals surface area (Å²) in [6.45, 7) is 0.657. The van der Waals surface area contributed by atoms with E-state index in [0.29, 0.717) is 13.0 Å². The molecule has 0 bridgehead atoms. The Hall–Kier alpha value is -0.970. The van der Waals surface area contributed by atoms with Gasteiger partial charge in [-0.1, -0.05) is 12.8 Å². The molecule has 0 aliphatic rings. The van der Waals surface area contributed by atoms with Gasteiger partial charge in [0.15, 0.2) is 5.96 Å². The first-order valence-electron chi connectivity index (χ1n) is 4.61. The van der Waals surface area contributed by atoms with Gasteiger partial charge in [-0.25, -0.2) is 0 Å². The fourth-order valence-electron chi connectivity index (χ4n) is 1.01. The molecular weight excluding hydrogens is 204 g/mol. The van der Waals surface area contributed by atoms with E-state index in [1.165, 1.54) is 0 Å². The fourth-order valence-corrected chi connectivity index (χ4v) is 1.10. The van der Waals surface area contributed by atoms with Gasteiger partial charge in [0, 0.05) is 24.7 Å². The van der Waals surface area contributed by atoms with Gasteiger partial charge in [-0.15, -0.1) is 0 Å². The topological polar surface area (TPSA) is 93.5 Å². The number of guanidine groups is 1. The van der Waals surface area contributed by atoms with Crippen LogP contribution in [0, 0.1) is 0 Å². The third-order valence-corrected chi connectivity index (χ3v) is 1.92. The third kappa shape index (κ3) is 9.12. The molecule has 82 valence electrons. The SMILES string of the molecule is NC(N)=NCCCCCCC(=O)NCl. The van der Waals surface area contributed by atoms with Gasteiger partial charge in [0.2, 0.25) is 5.91 Å². The van der Waals surface area contributed by atoms with Gasteiger partial charge < -0.3 is 11.5 Å². The van der Waals surface area contributed by atoms with Gasteiger partial charge in [0.05, 0.1) is 0 Å². The summed E-state index contributed by atoms with van der Waals surface area (Å²) in [4.78, 5) is 16.6. The molecule has 0 aromatic rings. The zero-order valence-corrected chi connectivity index (χ0v) is 8.89. The first-order valence-corrected chi connectivity index (χ1v) is 4.99. The summed E-state index contributed by atoms with van der Waals surface area (Å²) >= 11 is 5.10. The standard InChI is InChI=1S/C8H17ClN4O/c9-13-7(14)5-3-1-2-4-6-12-8(10)11/h1-6H2,(H,13,14)(H4,10,11,12). The average Bonchev–Trinajstić information content (AvgIpc) is 2.15. The van der Waals surface area contributed by atoms with Gasteiger partial charge >= 0.3 is 0 Å². The van der Waals surface area contributed by atoms with E-state index in [-0.39, 0.29) is 11.9 Å². The number of hydrogen-bond donors (Lipinski definition) is 3. The van der Waals surface area contributed by atoms with E-state index in [1.807, 2.05) is 0 Å². The molecule has 0 unspecified atom stereocenters. The van der Waals surface area contributed by atoms with Crippen LogP contribution in [0.4, 0.5) is 0 Å². The minimum absolute atomic E-state index is 0.129. The molecule has 0 heterocycles. The lowest BCUT2D eigenvalue weighted by Crippen LogP contribution is -2.22. The molecule has 0 aliphatic carbocycles. The number of rotatable bonds is 7. The molecule has 14 heavy (non-hydrogen) atoms. The zero-order chi connectivity index (χ0) is 10.8. The molecule has 0 aliphatic heterocycles. The van der Waals surface area contributed by atoms with E-state index < -0.39 is 0 Å². The molecule has 1 amide bonds. The summed E-state index contributed by atoms with van der Waals surface area (Å²) < 4.78 is 0. The van der Waals surface area contributed by atoms with E-state index in [1.54, 1.807) is 0 Å². The van der Waals surface area contributed by atoms with Crippen molar-refractivity contribution in [1.29, 1.82) is 0 Å². The first-order chi connectivity index (χ1) is 6.66. The number of nitrogens with zero attached hydrogens (tertiary/aromatic N) is 1. The van der Waals surface area contributed by atoms with Crippen LogP contribution in [-0.4, -0.2) is 18.4 Å². The van der Waals surface area contributed by atoms with Crippen molar-refractivity contribution in [3.05, 3.63) is 0 Å². The van der Waals surface area contributed by atoms with Crippen LogP contribution in [0.1, 0.15) is 32.1 Å². The van der Waals surface area contributed by atoms with Crippen molar-refractivity contribution in [2.24, 2.45) is 16.5 Å². The van der Waals surface area contributed by atoms with Crippen LogP contribution in [0.25, 0.3) is 0 Å². The predicted molar refractivity (Wildman–Crippen MR) is 57.8 cm³/mol. The highest BCUT2D eigenvalue weighted by atomic mass is 35.5. The van der Waals surface area contributed by atoms with Gasteiger partial charge in [-0.2, -0.15) is 0 Å². The summed E-state index contributed by atoms with van der Waals surface area (Å²) in [5.41, 5.74) is 10.3. The summed E-state index contributed by atoms with van der Waals surface area (Å²) in [6, 6.07) is 0. The molecule has 0 atom stereocenters. The molecule has 0 rings (SSSR count). The maximum absolute atomic E-state index is 10.7. The number of aliphatic imine (C=N–C) groups is 1. The normalized spacial score (nSPS) is 9.50. The Kier molecular flexibility index (Phi) is 8.02. The molecule has 0 saturated heterocycles. The van der Waals surface area contributed by atoms with Crippen molar-refractivity contribution >= 4 is 23.6 Å². The Morgan fingerprint density at radius 2 is 1.86 bits per heavy atom. The van der Waals surface area contributed by atoms with Crippen LogP contribution >= 0.6 is 11.8 Å². The Morgan fingerprint density at radius 3 is 2.43 bits per heavy atom. The maximum Gasteiger partial charge on any atom is 0.234 e. The van der Waals surface area contributed by atoms with E-state index in [9.17, 15) is 4.79 Å². The minimum Gasteiger partial charge on any atom is -0.370 e. The second-order valence-corrected chi connectivity index (χ2v) is 3.18. The average molecular weight is 221 g/mol. The second kappa shape index (κ2) is 8.62. The minimum atomic E-state index is -0.129. The highest BCUT2D eigenvalue weighted by Gasteiger charge is 1.97. The predicted octanol–water partition coefficient (Wildman–Crippen LogP) is 0.480. The van der Waals surface area contributed by atoms with Crippen LogP contribution in [0.3, 0.4) is 0 Å². The number of unbranched alkanes of at least 4 members (excludes halogenated alkanes) is 3. The van der Waals surface area contributed by atoms with Crippen LogP contribution in [0.5, 0.6) is 0 Å². The van der Waals surface area contributed by atoms with Crippen molar-refractivity contribution in [3.8, 4) is 0 Å². The van der Waals surface area contributed by atoms with Gasteiger partial charge in [0.1, 0.15) is 0 Å². The quantitative estimate of drug-likeness (QED) is 0.252. The summed E-state index contributed by atoms with van der Waals surface area (Å²) in [5.74, 6) is 0.00223. The van der Waals surface area contributed by atoms with Gasteiger partial charge in [0.25, 0.3) is 0 Å². The number of nitrogens with two attached hydrogens (primary N) is 2. The monoisotopic (exact) mass is 220 g/mol. The Bertz CT molecular complexity index is 192. The van der Waals surface area contributed by atoms with E-state index >= 15 is 0 Å². The molecule has 0 saturated carbocycles. The van der Waals surface area contributed by atoms with Crippen LogP contribution in [0.15, 0.2) is 4.99 Å². The lowest BCUT2D eigenvalue weighted by atomic mass is 10.1. The van der Waals surface area contributed by atoms with Crippen LogP contribution in [-0.2, 0) is 4.79 Å². The molecule has 0 aromatic carbocycles. The summed E-state index contributed by atoms with van der Waals surface area (Å²) in [7, 11) is 0. The van der Waals surface area contributed by atoms with Crippen molar-refractivity contribution in [2.75, 3.05) is 6.54 Å². The van der Waals surface area contributed by atoms with Crippen molar-refractivity contribution in [3.63, 3.8) is 0 Å². The molecule has 5 N–H and O–H groups in total. The number of halogens is 1. The number of hydrogen-bond acceptors (Lipinski definition) is 2. The second-order valence-electron chi connectivity index (χ2n) is 2.99. The van der Waals surface area contributed by atoms with E-state index in [4.69, 9.17) is 23.2 Å². The molecule has 5 nitrogen and oxygen atoms in total. The highest BCUT2D eigenvalue weighted by molar-refractivity contribution is 6.21. The van der Waals surface area contributed by atoms with E-state index in [0.717, 1.165) is 25.7 Å². The summed E-state index contributed by atoms with van der Waals surface area (Å²) in [6.07, 6.45) is 4.28. The molecule has 0 radical (unpaired) electrons. The maximum atomic E-state index is 10.7. The van der Waals surface area contributed by atoms with Crippen molar-refractivity contribution in [2.45, 2.75) is 32.1 Å². The number of carbonyl (C=O) groups is 1. The van der Waals surface area contributed by atoms with Crippen LogP contribution < -0.4 is 16.3 Å². The first kappa shape index (κ1) is 13.0. The summed E-state index contributed by atoms with van der Waals surface area (Å²) in [5, 5.41) is 0. The molecular formula is C8H17ClN4O. The largest absolute Gasteiger partial charge is 0.370 e. The third-order valence-electron chi connectivity index (χ3n) is 1.71. The van der Waals surface area contributed by atoms with E-state index in [2.05, 4.69) is 9.83 Å². The van der Waals surface area contributed by atoms with Gasteiger partial charge in [-0.3, -0.25) is 14.6 Å². The lowest BCUT2D eigenvalue weighted by molar-refractivity contribution is -0.119. The lowest BCUT2D eigenvalue weighted by Gasteiger charge is -1.98. The number of amides is 1. The molecule has 0 spiro atoms. The molecule has 0 fully saturated rings. The molecule has 6 heteroatoms. The zero-order valence-electron chi connectivity index (χ0n) is 8.13. The van der Waals surface area contributed by atoms with Crippen LogP contribution in [0.2, 0.25) is 0 Å². The fraction of sp³-hybridized carbons (Fsp3) is 0.750. The Morgan fingerprint density at radius 1 is 1.21 bits per heavy atom. The Balaban J connectivity index is 3.14. The Labute approximate surface area is 89.0 Å². The van der Waals surface area contributed by atoms with Gasteiger partial charge in [-0.05, 0) is 12.8 Å². The van der Waals surface area contributed by atoms with Crippen molar-refractivity contribution < 1.29 is 4.79 Å². The highest BCUT2D eigenvalue weighted by Crippen LogP contribution is 2.03. The van der Waals surface area contributed by atoms with Crippen molar-refractivity contribution in [1.82, 2.24) is 4.84 Å². The molecule has 0 aromatic heterocycles. The number of nitrogens with one attached hydrogen (secondary N) is 1. The number of carbonyl (C=O) groups excluding carboxylic acids is 1. The smallest absolute Gasteiger partial charge is 0.234 e.